The molecule has 68 valence electrons. The largest absolute Gasteiger partial charge is 0.505 e. The lowest BCUT2D eigenvalue weighted by atomic mass is 10.1. The van der Waals surface area contributed by atoms with Crippen LogP contribution in [0.1, 0.15) is 10.4 Å². The Balaban J connectivity index is 3.44. The SMILES string of the molecule is O=Nc1c(O)ccc(C(=O)O)c1O. The van der Waals surface area contributed by atoms with Gasteiger partial charge in [0.2, 0.25) is 0 Å². The first-order valence-corrected chi connectivity index (χ1v) is 3.19. The van der Waals surface area contributed by atoms with Crippen molar-refractivity contribution in [1.29, 1.82) is 0 Å². The first-order valence-electron chi connectivity index (χ1n) is 3.19. The van der Waals surface area contributed by atoms with E-state index in [1.165, 1.54) is 0 Å². The Morgan fingerprint density at radius 2 is 1.92 bits per heavy atom. The molecule has 6 nitrogen and oxygen atoms in total. The summed E-state index contributed by atoms with van der Waals surface area (Å²) in [4.78, 5) is 20.5. The topological polar surface area (TPSA) is 107 Å². The molecule has 6 heteroatoms. The van der Waals surface area contributed by atoms with E-state index in [4.69, 9.17) is 15.3 Å². The van der Waals surface area contributed by atoms with Crippen LogP contribution < -0.4 is 0 Å². The van der Waals surface area contributed by atoms with Gasteiger partial charge in [0.25, 0.3) is 0 Å². The summed E-state index contributed by atoms with van der Waals surface area (Å²) < 4.78 is 0. The molecule has 0 aliphatic carbocycles. The highest BCUT2D eigenvalue weighted by atomic mass is 16.4. The molecule has 0 aromatic heterocycles. The molecule has 0 aliphatic heterocycles. The number of hydrogen-bond donors (Lipinski definition) is 3. The standard InChI is InChI=1S/C7H5NO5/c9-4-2-1-3(7(11)12)6(10)5(4)8-13/h1-2,9-10H,(H,11,12). The van der Waals surface area contributed by atoms with Crippen LogP contribution in [0.3, 0.4) is 0 Å². The summed E-state index contributed by atoms with van der Waals surface area (Å²) in [6.07, 6.45) is 0. The molecule has 0 heterocycles. The molecule has 0 fully saturated rings. The van der Waals surface area contributed by atoms with Gasteiger partial charge in [-0.1, -0.05) is 0 Å². The zero-order valence-electron chi connectivity index (χ0n) is 6.26. The van der Waals surface area contributed by atoms with E-state index < -0.39 is 28.7 Å². The Labute approximate surface area is 72.0 Å². The summed E-state index contributed by atoms with van der Waals surface area (Å²) in [5.41, 5.74) is -1.15. The number of nitrogens with zero attached hydrogens (tertiary/aromatic N) is 1. The van der Waals surface area contributed by atoms with Crippen molar-refractivity contribution in [2.45, 2.75) is 0 Å². The summed E-state index contributed by atoms with van der Waals surface area (Å²) in [6, 6.07) is 1.95. The number of phenolic OH excluding ortho intramolecular Hbond substituents is 1. The third-order valence-electron chi connectivity index (χ3n) is 1.45. The van der Waals surface area contributed by atoms with E-state index >= 15 is 0 Å². The molecule has 0 spiro atoms. The van der Waals surface area contributed by atoms with E-state index in [0.717, 1.165) is 12.1 Å². The monoisotopic (exact) mass is 183 g/mol. The maximum atomic E-state index is 10.4. The molecule has 1 rings (SSSR count). The van der Waals surface area contributed by atoms with Crippen molar-refractivity contribution in [2.75, 3.05) is 0 Å². The first-order chi connectivity index (χ1) is 6.07. The van der Waals surface area contributed by atoms with E-state index in [-0.39, 0.29) is 0 Å². The minimum atomic E-state index is -1.40. The second-order valence-electron chi connectivity index (χ2n) is 2.23. The molecule has 1 aromatic carbocycles. The van der Waals surface area contributed by atoms with Crippen LogP contribution in [0, 0.1) is 4.91 Å². The Bertz CT molecular complexity index is 373. The van der Waals surface area contributed by atoms with Crippen molar-refractivity contribution in [1.82, 2.24) is 0 Å². The van der Waals surface area contributed by atoms with Crippen LogP contribution in [0.2, 0.25) is 0 Å². The number of phenols is 2. The van der Waals surface area contributed by atoms with Gasteiger partial charge < -0.3 is 15.3 Å². The van der Waals surface area contributed by atoms with Gasteiger partial charge in [-0.05, 0) is 17.3 Å². The van der Waals surface area contributed by atoms with Crippen molar-refractivity contribution < 1.29 is 20.1 Å². The summed E-state index contributed by atoms with van der Waals surface area (Å²) in [6.45, 7) is 0. The predicted molar refractivity (Wildman–Crippen MR) is 42.2 cm³/mol. The molecule has 0 amide bonds. The molecule has 0 unspecified atom stereocenters. The van der Waals surface area contributed by atoms with Crippen LogP contribution >= 0.6 is 0 Å². The third kappa shape index (κ3) is 1.41. The second-order valence-corrected chi connectivity index (χ2v) is 2.23. The van der Waals surface area contributed by atoms with Crippen LogP contribution in [0.4, 0.5) is 5.69 Å². The zero-order valence-corrected chi connectivity index (χ0v) is 6.26. The average molecular weight is 183 g/mol. The van der Waals surface area contributed by atoms with Gasteiger partial charge in [-0.25, -0.2) is 4.79 Å². The number of benzene rings is 1. The van der Waals surface area contributed by atoms with Crippen LogP contribution in [-0.2, 0) is 0 Å². The molecule has 0 aliphatic rings. The molecule has 0 bridgehead atoms. The quantitative estimate of drug-likeness (QED) is 0.597. The second kappa shape index (κ2) is 3.10. The van der Waals surface area contributed by atoms with Gasteiger partial charge in [-0.3, -0.25) is 0 Å². The normalized spacial score (nSPS) is 9.54. The molecule has 0 saturated carbocycles. The predicted octanol–water partition coefficient (Wildman–Crippen LogP) is 1.19. The Kier molecular flexibility index (Phi) is 2.14. The summed E-state index contributed by atoms with van der Waals surface area (Å²) in [7, 11) is 0. The number of carboxylic acids is 1. The van der Waals surface area contributed by atoms with Gasteiger partial charge in [-0.15, -0.1) is 4.91 Å². The van der Waals surface area contributed by atoms with Gasteiger partial charge in [0, 0.05) is 0 Å². The highest BCUT2D eigenvalue weighted by Gasteiger charge is 2.17. The minimum absolute atomic E-state index is 0.479. The summed E-state index contributed by atoms with van der Waals surface area (Å²) in [5.74, 6) is -2.79. The Morgan fingerprint density at radius 1 is 1.31 bits per heavy atom. The number of carboxylic acid groups (broad SMARTS) is 1. The molecule has 0 radical (unpaired) electrons. The lowest BCUT2D eigenvalue weighted by Crippen LogP contribution is -1.96. The van der Waals surface area contributed by atoms with Gasteiger partial charge in [0.15, 0.2) is 11.4 Å². The Hall–Kier alpha value is -2.11. The van der Waals surface area contributed by atoms with Crippen molar-refractivity contribution in [2.24, 2.45) is 5.18 Å². The number of aromatic hydroxyl groups is 2. The maximum Gasteiger partial charge on any atom is 0.339 e. The molecule has 3 N–H and O–H groups in total. The zero-order chi connectivity index (χ0) is 10.0. The molecular formula is C7H5NO5. The van der Waals surface area contributed by atoms with Gasteiger partial charge in [0.1, 0.15) is 11.3 Å². The van der Waals surface area contributed by atoms with Crippen molar-refractivity contribution in [3.63, 3.8) is 0 Å². The molecule has 0 saturated heterocycles. The molecular weight excluding hydrogens is 178 g/mol. The fourth-order valence-corrected chi connectivity index (χ4v) is 0.832. The fraction of sp³-hybridized carbons (Fsp3) is 0. The number of carbonyl (C=O) groups is 1. The van der Waals surface area contributed by atoms with Crippen molar-refractivity contribution >= 4 is 11.7 Å². The van der Waals surface area contributed by atoms with E-state index in [9.17, 15) is 9.70 Å². The van der Waals surface area contributed by atoms with Gasteiger partial charge in [-0.2, -0.15) is 0 Å². The van der Waals surface area contributed by atoms with Gasteiger partial charge >= 0.3 is 5.97 Å². The van der Waals surface area contributed by atoms with Crippen molar-refractivity contribution in [3.05, 3.63) is 22.6 Å². The highest BCUT2D eigenvalue weighted by molar-refractivity contribution is 5.93. The minimum Gasteiger partial charge on any atom is -0.505 e. The number of nitroso groups, excluding NO2 is 1. The Morgan fingerprint density at radius 3 is 2.38 bits per heavy atom. The lowest BCUT2D eigenvalue weighted by molar-refractivity contribution is 0.0694. The number of hydrogen-bond acceptors (Lipinski definition) is 5. The smallest absolute Gasteiger partial charge is 0.339 e. The van der Waals surface area contributed by atoms with Crippen molar-refractivity contribution in [3.8, 4) is 11.5 Å². The average Bonchev–Trinajstić information content (AvgIpc) is 2.04. The van der Waals surface area contributed by atoms with E-state index in [1.54, 1.807) is 0 Å². The van der Waals surface area contributed by atoms with Crippen LogP contribution in [0.5, 0.6) is 11.5 Å². The third-order valence-corrected chi connectivity index (χ3v) is 1.45. The maximum absolute atomic E-state index is 10.4. The number of aromatic carboxylic acids is 1. The molecule has 13 heavy (non-hydrogen) atoms. The summed E-state index contributed by atoms with van der Waals surface area (Å²) >= 11 is 0. The van der Waals surface area contributed by atoms with E-state index in [0.29, 0.717) is 0 Å². The van der Waals surface area contributed by atoms with Crippen LogP contribution in [0.15, 0.2) is 17.3 Å². The van der Waals surface area contributed by atoms with Crippen LogP contribution in [-0.4, -0.2) is 21.3 Å². The van der Waals surface area contributed by atoms with Crippen LogP contribution in [0.25, 0.3) is 0 Å². The highest BCUT2D eigenvalue weighted by Crippen LogP contribution is 2.38. The number of rotatable bonds is 2. The molecule has 1 aromatic rings. The first kappa shape index (κ1) is 8.98. The van der Waals surface area contributed by atoms with E-state index in [1.807, 2.05) is 0 Å². The lowest BCUT2D eigenvalue weighted by Gasteiger charge is -2.01. The van der Waals surface area contributed by atoms with Gasteiger partial charge in [0.05, 0.1) is 0 Å². The fourth-order valence-electron chi connectivity index (χ4n) is 0.832. The van der Waals surface area contributed by atoms with E-state index in [2.05, 4.69) is 5.18 Å². The molecule has 0 atom stereocenters. The summed E-state index contributed by atoms with van der Waals surface area (Å²) in [5, 5.41) is 28.8.